The van der Waals surface area contributed by atoms with E-state index in [1.807, 2.05) is 16.8 Å². The second-order valence-corrected chi connectivity index (χ2v) is 7.53. The van der Waals surface area contributed by atoms with Crippen molar-refractivity contribution in [1.82, 2.24) is 4.57 Å². The van der Waals surface area contributed by atoms with Gasteiger partial charge in [0.1, 0.15) is 0 Å². The molecular formula is C17H15F3N2O2S. The second kappa shape index (κ2) is 6.11. The van der Waals surface area contributed by atoms with Crippen molar-refractivity contribution in [2.75, 3.05) is 11.0 Å². The third-order valence-corrected chi connectivity index (χ3v) is 4.31. The summed E-state index contributed by atoms with van der Waals surface area (Å²) in [4.78, 5) is 0. The predicted octanol–water partition coefficient (Wildman–Crippen LogP) is 4.08. The molecule has 0 spiro atoms. The van der Waals surface area contributed by atoms with E-state index >= 15 is 0 Å². The Morgan fingerprint density at radius 1 is 1.04 bits per heavy atom. The molecule has 1 N–H and O–H groups in total. The van der Waals surface area contributed by atoms with Crippen LogP contribution < -0.4 is 4.72 Å². The largest absolute Gasteiger partial charge is 0.416 e. The lowest BCUT2D eigenvalue weighted by atomic mass is 10.1. The smallest absolute Gasteiger partial charge is 0.343 e. The summed E-state index contributed by atoms with van der Waals surface area (Å²) in [6, 6.07) is 12.0. The molecule has 0 aliphatic carbocycles. The van der Waals surface area contributed by atoms with Gasteiger partial charge in [-0.15, -0.1) is 0 Å². The quantitative estimate of drug-likeness (QED) is 0.754. The van der Waals surface area contributed by atoms with Crippen LogP contribution in [0.15, 0.2) is 54.7 Å². The average Bonchev–Trinajstić information content (AvgIpc) is 2.87. The van der Waals surface area contributed by atoms with Gasteiger partial charge in [0.05, 0.1) is 11.8 Å². The molecule has 0 atom stereocenters. The normalized spacial score (nSPS) is 12.5. The number of halogens is 3. The molecule has 0 aliphatic heterocycles. The van der Waals surface area contributed by atoms with Gasteiger partial charge >= 0.3 is 6.18 Å². The minimum Gasteiger partial charge on any atom is -0.343 e. The molecule has 1 aromatic heterocycles. The molecule has 8 heteroatoms. The van der Waals surface area contributed by atoms with Crippen LogP contribution in [0.1, 0.15) is 11.1 Å². The van der Waals surface area contributed by atoms with E-state index in [0.29, 0.717) is 12.2 Å². The maximum atomic E-state index is 12.6. The summed E-state index contributed by atoms with van der Waals surface area (Å²) >= 11 is 0. The number of sulfonamides is 1. The van der Waals surface area contributed by atoms with Gasteiger partial charge in [-0.3, -0.25) is 4.72 Å². The molecule has 1 heterocycles. The van der Waals surface area contributed by atoms with E-state index in [9.17, 15) is 21.6 Å². The summed E-state index contributed by atoms with van der Waals surface area (Å²) in [6.45, 7) is 0.417. The van der Waals surface area contributed by atoms with Crippen molar-refractivity contribution in [3.05, 3.63) is 65.9 Å². The molecule has 0 unspecified atom stereocenters. The second-order valence-electron chi connectivity index (χ2n) is 5.79. The van der Waals surface area contributed by atoms with Gasteiger partial charge in [-0.2, -0.15) is 13.2 Å². The molecule has 0 aliphatic rings. The zero-order valence-corrected chi connectivity index (χ0v) is 14.0. The number of hydrogen-bond acceptors (Lipinski definition) is 2. The third-order valence-electron chi connectivity index (χ3n) is 3.71. The maximum Gasteiger partial charge on any atom is 0.416 e. The van der Waals surface area contributed by atoms with E-state index in [-0.39, 0.29) is 0 Å². The zero-order valence-electron chi connectivity index (χ0n) is 13.2. The summed E-state index contributed by atoms with van der Waals surface area (Å²) in [5.41, 5.74) is 1.38. The number of alkyl halides is 3. The average molecular weight is 368 g/mol. The van der Waals surface area contributed by atoms with Crippen molar-refractivity contribution >= 4 is 26.6 Å². The fourth-order valence-electron chi connectivity index (χ4n) is 2.61. The first-order valence-corrected chi connectivity index (χ1v) is 9.24. The third kappa shape index (κ3) is 4.14. The first kappa shape index (κ1) is 17.3. The van der Waals surface area contributed by atoms with E-state index in [0.717, 1.165) is 34.9 Å². The van der Waals surface area contributed by atoms with Gasteiger partial charge in [0.15, 0.2) is 0 Å². The number of aromatic nitrogens is 1. The Morgan fingerprint density at radius 2 is 1.72 bits per heavy atom. The molecule has 0 radical (unpaired) electrons. The molecule has 0 bridgehead atoms. The molecule has 25 heavy (non-hydrogen) atoms. The predicted molar refractivity (Wildman–Crippen MR) is 91.0 cm³/mol. The number of rotatable bonds is 4. The molecule has 0 amide bonds. The minimum absolute atomic E-state index is 0.417. The number of anilines is 1. The molecule has 3 aromatic rings. The van der Waals surface area contributed by atoms with Crippen molar-refractivity contribution in [3.63, 3.8) is 0 Å². The van der Waals surface area contributed by atoms with Crippen LogP contribution in [0.3, 0.4) is 0 Å². The Morgan fingerprint density at radius 3 is 2.32 bits per heavy atom. The Kier molecular flexibility index (Phi) is 4.24. The highest BCUT2D eigenvalue weighted by Crippen LogP contribution is 2.29. The lowest BCUT2D eigenvalue weighted by molar-refractivity contribution is -0.137. The van der Waals surface area contributed by atoms with Gasteiger partial charge in [-0.25, -0.2) is 8.42 Å². The van der Waals surface area contributed by atoms with Gasteiger partial charge in [0, 0.05) is 29.3 Å². The standard InChI is InChI=1S/C17H15F3N2O2S/c1-25(23,24)21-15-6-7-16-13(10-15)8-9-22(16)11-12-2-4-14(5-3-12)17(18,19)20/h2-10,21H,11H2,1H3. The maximum absolute atomic E-state index is 12.6. The van der Waals surface area contributed by atoms with Crippen LogP contribution in [-0.2, 0) is 22.7 Å². The first-order chi connectivity index (χ1) is 11.6. The summed E-state index contributed by atoms with van der Waals surface area (Å²) in [5, 5.41) is 0.834. The first-order valence-electron chi connectivity index (χ1n) is 7.35. The molecule has 132 valence electrons. The Hall–Kier alpha value is -2.48. The minimum atomic E-state index is -4.35. The number of nitrogens with one attached hydrogen (secondary N) is 1. The molecule has 2 aromatic carbocycles. The summed E-state index contributed by atoms with van der Waals surface area (Å²) in [6.07, 6.45) is -1.46. The SMILES string of the molecule is CS(=O)(=O)Nc1ccc2c(ccn2Cc2ccc(C(F)(F)F)cc2)c1. The molecule has 3 rings (SSSR count). The van der Waals surface area contributed by atoms with E-state index in [1.165, 1.54) is 12.1 Å². The van der Waals surface area contributed by atoms with E-state index in [2.05, 4.69) is 4.72 Å². The Labute approximate surface area is 142 Å². The van der Waals surface area contributed by atoms with Gasteiger partial charge in [-0.1, -0.05) is 12.1 Å². The van der Waals surface area contributed by atoms with Crippen LogP contribution in [0.25, 0.3) is 10.9 Å². The van der Waals surface area contributed by atoms with Gasteiger partial charge < -0.3 is 4.57 Å². The number of hydrogen-bond donors (Lipinski definition) is 1. The highest BCUT2D eigenvalue weighted by atomic mass is 32.2. The van der Waals surface area contributed by atoms with Crippen LogP contribution in [0.4, 0.5) is 18.9 Å². The molecule has 4 nitrogen and oxygen atoms in total. The van der Waals surface area contributed by atoms with Crippen molar-refractivity contribution in [3.8, 4) is 0 Å². The summed E-state index contributed by atoms with van der Waals surface area (Å²) in [7, 11) is -3.35. The fraction of sp³-hybridized carbons (Fsp3) is 0.176. The molecule has 0 saturated carbocycles. The molecular weight excluding hydrogens is 353 g/mol. The monoisotopic (exact) mass is 368 g/mol. The summed E-state index contributed by atoms with van der Waals surface area (Å²) in [5.74, 6) is 0. The van der Waals surface area contributed by atoms with Crippen molar-refractivity contribution < 1.29 is 21.6 Å². The van der Waals surface area contributed by atoms with Crippen LogP contribution in [0.2, 0.25) is 0 Å². The molecule has 0 saturated heterocycles. The van der Waals surface area contributed by atoms with Gasteiger partial charge in [-0.05, 0) is 42.0 Å². The fourth-order valence-corrected chi connectivity index (χ4v) is 3.17. The number of benzene rings is 2. The zero-order chi connectivity index (χ0) is 18.2. The van der Waals surface area contributed by atoms with E-state index in [1.54, 1.807) is 18.2 Å². The lowest BCUT2D eigenvalue weighted by Gasteiger charge is -2.10. The number of fused-ring (bicyclic) bond motifs is 1. The lowest BCUT2D eigenvalue weighted by Crippen LogP contribution is -2.09. The summed E-state index contributed by atoms with van der Waals surface area (Å²) < 4.78 is 64.7. The molecule has 0 fully saturated rings. The topological polar surface area (TPSA) is 51.1 Å². The Balaban J connectivity index is 1.85. The van der Waals surface area contributed by atoms with Crippen molar-refractivity contribution in [2.24, 2.45) is 0 Å². The van der Waals surface area contributed by atoms with Crippen LogP contribution in [-0.4, -0.2) is 19.2 Å². The van der Waals surface area contributed by atoms with Gasteiger partial charge in [0.25, 0.3) is 0 Å². The highest BCUT2D eigenvalue weighted by molar-refractivity contribution is 7.92. The van der Waals surface area contributed by atoms with E-state index < -0.39 is 21.8 Å². The highest BCUT2D eigenvalue weighted by Gasteiger charge is 2.29. The number of nitrogens with zero attached hydrogens (tertiary/aromatic N) is 1. The van der Waals surface area contributed by atoms with Crippen molar-refractivity contribution in [1.29, 1.82) is 0 Å². The van der Waals surface area contributed by atoms with Crippen molar-refractivity contribution in [2.45, 2.75) is 12.7 Å². The van der Waals surface area contributed by atoms with E-state index in [4.69, 9.17) is 0 Å². The van der Waals surface area contributed by atoms with Crippen LogP contribution in [0.5, 0.6) is 0 Å². The van der Waals surface area contributed by atoms with Crippen LogP contribution in [0, 0.1) is 0 Å². The Bertz CT molecular complexity index is 1010. The van der Waals surface area contributed by atoms with Gasteiger partial charge in [0.2, 0.25) is 10.0 Å². The van der Waals surface area contributed by atoms with Crippen LogP contribution >= 0.6 is 0 Å².